The van der Waals surface area contributed by atoms with Gasteiger partial charge in [-0.2, -0.15) is 0 Å². The van der Waals surface area contributed by atoms with Crippen LogP contribution in [0.2, 0.25) is 0 Å². The summed E-state index contributed by atoms with van der Waals surface area (Å²) in [7, 11) is 0. The van der Waals surface area contributed by atoms with Gasteiger partial charge in [-0.25, -0.2) is 4.39 Å². The molecule has 1 heterocycles. The van der Waals surface area contributed by atoms with E-state index in [1.807, 2.05) is 0 Å². The predicted molar refractivity (Wildman–Crippen MR) is 50.5 cm³/mol. The third-order valence-corrected chi connectivity index (χ3v) is 2.27. The van der Waals surface area contributed by atoms with E-state index in [2.05, 4.69) is 20.9 Å². The van der Waals surface area contributed by atoms with Crippen LogP contribution in [0.5, 0.6) is 0 Å². The summed E-state index contributed by atoms with van der Waals surface area (Å²) < 4.78 is 13.9. The molecule has 0 aliphatic rings. The molecule has 0 aliphatic heterocycles. The molecule has 4 heteroatoms. The number of pyridine rings is 1. The van der Waals surface area contributed by atoms with E-state index in [1.165, 1.54) is 6.20 Å². The van der Waals surface area contributed by atoms with Crippen LogP contribution in [-0.2, 0) is 0 Å². The van der Waals surface area contributed by atoms with E-state index >= 15 is 0 Å². The van der Waals surface area contributed by atoms with Gasteiger partial charge in [0, 0.05) is 16.2 Å². The Kier molecular flexibility index (Phi) is 3.03. The van der Waals surface area contributed by atoms with Crippen LogP contribution in [0.1, 0.15) is 25.1 Å². The molecule has 12 heavy (non-hydrogen) atoms. The van der Waals surface area contributed by atoms with Crippen LogP contribution in [0.4, 0.5) is 10.1 Å². The van der Waals surface area contributed by atoms with Crippen molar-refractivity contribution in [3.8, 4) is 0 Å². The number of nitrogens with zero attached hydrogens (tertiary/aromatic N) is 1. The first-order chi connectivity index (χ1) is 5.66. The molecule has 0 aromatic carbocycles. The zero-order valence-electron chi connectivity index (χ0n) is 6.72. The normalized spacial score (nSPS) is 12.9. The van der Waals surface area contributed by atoms with Crippen molar-refractivity contribution in [2.75, 3.05) is 5.73 Å². The number of hydrogen-bond donors (Lipinski definition) is 1. The van der Waals surface area contributed by atoms with Crippen molar-refractivity contribution in [2.45, 2.75) is 19.5 Å². The molecule has 2 nitrogen and oxygen atoms in total. The van der Waals surface area contributed by atoms with Gasteiger partial charge in [-0.15, -0.1) is 0 Å². The molecule has 0 amide bonds. The molecular weight excluding hydrogens is 223 g/mol. The molecule has 1 unspecified atom stereocenters. The Labute approximate surface area is 79.1 Å². The molecule has 0 saturated heterocycles. The van der Waals surface area contributed by atoms with Crippen molar-refractivity contribution in [3.63, 3.8) is 0 Å². The van der Waals surface area contributed by atoms with E-state index in [4.69, 9.17) is 5.73 Å². The van der Waals surface area contributed by atoms with E-state index in [9.17, 15) is 4.39 Å². The molecular formula is C8H10BrFN2. The van der Waals surface area contributed by atoms with Gasteiger partial charge in [0.05, 0.1) is 11.9 Å². The van der Waals surface area contributed by atoms with Crippen LogP contribution >= 0.6 is 15.9 Å². The first kappa shape index (κ1) is 9.45. The largest absolute Gasteiger partial charge is 0.397 e. The molecule has 2 N–H and O–H groups in total. The summed E-state index contributed by atoms with van der Waals surface area (Å²) in [4.78, 5) is 3.82. The molecule has 0 radical (unpaired) electrons. The Bertz CT molecular complexity index is 258. The number of nitrogen functional groups attached to an aromatic ring is 1. The summed E-state index contributed by atoms with van der Waals surface area (Å²) in [5.41, 5.74) is 6.47. The highest BCUT2D eigenvalue weighted by Gasteiger charge is 2.14. The Morgan fingerprint density at radius 2 is 2.33 bits per heavy atom. The van der Waals surface area contributed by atoms with Gasteiger partial charge in [0.15, 0.2) is 0 Å². The Morgan fingerprint density at radius 1 is 1.67 bits per heavy atom. The minimum atomic E-state index is -1.01. The zero-order valence-corrected chi connectivity index (χ0v) is 8.31. The van der Waals surface area contributed by atoms with Crippen LogP contribution in [0.15, 0.2) is 16.9 Å². The highest BCUT2D eigenvalue weighted by Crippen LogP contribution is 2.31. The highest BCUT2D eigenvalue weighted by atomic mass is 79.9. The summed E-state index contributed by atoms with van der Waals surface area (Å²) in [6.45, 7) is 1.77. The zero-order chi connectivity index (χ0) is 9.14. The van der Waals surface area contributed by atoms with Gasteiger partial charge >= 0.3 is 0 Å². The van der Waals surface area contributed by atoms with Gasteiger partial charge in [-0.1, -0.05) is 6.92 Å². The highest BCUT2D eigenvalue weighted by molar-refractivity contribution is 9.10. The molecule has 1 aromatic heterocycles. The fourth-order valence-electron chi connectivity index (χ4n) is 0.995. The number of halogens is 2. The number of anilines is 1. The number of aromatic nitrogens is 1. The minimum Gasteiger partial charge on any atom is -0.397 e. The van der Waals surface area contributed by atoms with Gasteiger partial charge in [-0.3, -0.25) is 4.98 Å². The topological polar surface area (TPSA) is 38.9 Å². The van der Waals surface area contributed by atoms with Crippen LogP contribution in [0.3, 0.4) is 0 Å². The number of hydrogen-bond acceptors (Lipinski definition) is 2. The van der Waals surface area contributed by atoms with E-state index in [0.717, 1.165) is 0 Å². The Balaban J connectivity index is 3.12. The Morgan fingerprint density at radius 3 is 2.83 bits per heavy atom. The third-order valence-electron chi connectivity index (χ3n) is 1.64. The van der Waals surface area contributed by atoms with Crippen molar-refractivity contribution < 1.29 is 4.39 Å². The van der Waals surface area contributed by atoms with E-state index in [0.29, 0.717) is 22.1 Å². The lowest BCUT2D eigenvalue weighted by molar-refractivity contribution is 0.334. The van der Waals surface area contributed by atoms with Crippen molar-refractivity contribution in [1.82, 2.24) is 4.98 Å². The number of alkyl halides is 1. The summed E-state index contributed by atoms with van der Waals surface area (Å²) in [6.07, 6.45) is 2.42. The molecule has 0 spiro atoms. The second-order valence-electron chi connectivity index (χ2n) is 2.50. The molecule has 0 bridgehead atoms. The predicted octanol–water partition coefficient (Wildman–Crippen LogP) is 2.85. The number of nitrogens with two attached hydrogens (primary N) is 1. The maximum absolute atomic E-state index is 13.2. The summed E-state index contributed by atoms with van der Waals surface area (Å²) in [5, 5.41) is 0. The maximum Gasteiger partial charge on any atom is 0.128 e. The smallest absolute Gasteiger partial charge is 0.128 e. The lowest BCUT2D eigenvalue weighted by Crippen LogP contribution is -1.99. The lowest BCUT2D eigenvalue weighted by atomic mass is 10.1. The molecule has 0 saturated carbocycles. The first-order valence-corrected chi connectivity index (χ1v) is 4.49. The van der Waals surface area contributed by atoms with Crippen LogP contribution in [0, 0.1) is 0 Å². The molecule has 66 valence electrons. The van der Waals surface area contributed by atoms with Crippen molar-refractivity contribution in [1.29, 1.82) is 0 Å². The van der Waals surface area contributed by atoms with Crippen molar-refractivity contribution in [2.24, 2.45) is 0 Å². The maximum atomic E-state index is 13.2. The molecule has 0 aliphatic carbocycles. The molecule has 1 rings (SSSR count). The van der Waals surface area contributed by atoms with E-state index in [1.54, 1.807) is 13.1 Å². The standard InChI is InChI=1S/C8H10BrFN2/c1-2-6(10)8-5(9)3-12-4-7(8)11/h3-4,6H,2,11H2,1H3. The third kappa shape index (κ3) is 1.75. The first-order valence-electron chi connectivity index (χ1n) is 3.69. The fourth-order valence-corrected chi connectivity index (χ4v) is 1.59. The number of rotatable bonds is 2. The molecule has 0 fully saturated rings. The second kappa shape index (κ2) is 3.85. The van der Waals surface area contributed by atoms with Crippen molar-refractivity contribution in [3.05, 3.63) is 22.4 Å². The summed E-state index contributed by atoms with van der Waals surface area (Å²) >= 11 is 3.21. The van der Waals surface area contributed by atoms with Crippen LogP contribution in [-0.4, -0.2) is 4.98 Å². The van der Waals surface area contributed by atoms with Gasteiger partial charge in [0.25, 0.3) is 0 Å². The van der Waals surface area contributed by atoms with E-state index < -0.39 is 6.17 Å². The average molecular weight is 233 g/mol. The Hall–Kier alpha value is -0.640. The quantitative estimate of drug-likeness (QED) is 0.852. The minimum absolute atomic E-state index is 0.402. The second-order valence-corrected chi connectivity index (χ2v) is 3.35. The van der Waals surface area contributed by atoms with Gasteiger partial charge in [0.1, 0.15) is 6.17 Å². The monoisotopic (exact) mass is 232 g/mol. The van der Waals surface area contributed by atoms with Gasteiger partial charge in [-0.05, 0) is 22.4 Å². The average Bonchev–Trinajstić information content (AvgIpc) is 2.03. The molecule has 1 atom stereocenters. The summed E-state index contributed by atoms with van der Waals surface area (Å²) in [5.74, 6) is 0. The van der Waals surface area contributed by atoms with Crippen molar-refractivity contribution >= 4 is 21.6 Å². The van der Waals surface area contributed by atoms with Gasteiger partial charge in [0.2, 0.25) is 0 Å². The summed E-state index contributed by atoms with van der Waals surface area (Å²) in [6, 6.07) is 0. The van der Waals surface area contributed by atoms with Crippen LogP contribution < -0.4 is 5.73 Å². The fraction of sp³-hybridized carbons (Fsp3) is 0.375. The SMILES string of the molecule is CCC(F)c1c(N)cncc1Br. The van der Waals surface area contributed by atoms with Gasteiger partial charge < -0.3 is 5.73 Å². The lowest BCUT2D eigenvalue weighted by Gasteiger charge is -2.09. The van der Waals surface area contributed by atoms with Crippen LogP contribution in [0.25, 0.3) is 0 Å². The van der Waals surface area contributed by atoms with E-state index in [-0.39, 0.29) is 0 Å². The molecule has 1 aromatic rings.